The number of likely N-dealkylation sites (tertiary alicyclic amines) is 1. The van der Waals surface area contributed by atoms with Crippen molar-refractivity contribution in [2.45, 2.75) is 25.8 Å². The van der Waals surface area contributed by atoms with Crippen LogP contribution in [0.4, 0.5) is 4.39 Å². The molecule has 106 valence electrons. The molecular formula is C15H17FN2OS. The van der Waals surface area contributed by atoms with Crippen LogP contribution in [0.1, 0.15) is 28.1 Å². The summed E-state index contributed by atoms with van der Waals surface area (Å²) in [5.74, 6) is -0.244. The lowest BCUT2D eigenvalue weighted by molar-refractivity contribution is 0.0719. The SMILES string of the molecule is Cc1c(C(=O)N2CCC(N)CC2)sc2cccc(F)c12. The summed E-state index contributed by atoms with van der Waals surface area (Å²) in [5, 5.41) is 0.578. The van der Waals surface area contributed by atoms with Gasteiger partial charge in [0.2, 0.25) is 0 Å². The largest absolute Gasteiger partial charge is 0.338 e. The number of nitrogens with two attached hydrogens (primary N) is 1. The third-order valence-corrected chi connectivity index (χ3v) is 5.17. The van der Waals surface area contributed by atoms with Gasteiger partial charge in [0, 0.05) is 29.2 Å². The average Bonchev–Trinajstić information content (AvgIpc) is 2.77. The van der Waals surface area contributed by atoms with E-state index >= 15 is 0 Å². The Morgan fingerprint density at radius 1 is 1.40 bits per heavy atom. The lowest BCUT2D eigenvalue weighted by atomic mass is 10.1. The van der Waals surface area contributed by atoms with Crippen molar-refractivity contribution < 1.29 is 9.18 Å². The maximum atomic E-state index is 13.9. The maximum absolute atomic E-state index is 13.9. The molecule has 1 aliphatic heterocycles. The maximum Gasteiger partial charge on any atom is 0.264 e. The van der Waals surface area contributed by atoms with Gasteiger partial charge in [-0.05, 0) is 37.5 Å². The van der Waals surface area contributed by atoms with Crippen molar-refractivity contribution >= 4 is 27.3 Å². The number of nitrogens with zero attached hydrogens (tertiary/aromatic N) is 1. The fourth-order valence-corrected chi connectivity index (χ4v) is 3.89. The molecule has 5 heteroatoms. The van der Waals surface area contributed by atoms with Gasteiger partial charge in [-0.25, -0.2) is 4.39 Å². The molecule has 0 unspecified atom stereocenters. The summed E-state index contributed by atoms with van der Waals surface area (Å²) in [7, 11) is 0. The number of carbonyl (C=O) groups excluding carboxylic acids is 1. The van der Waals surface area contributed by atoms with E-state index < -0.39 is 0 Å². The first-order chi connectivity index (χ1) is 9.58. The number of halogens is 1. The molecule has 3 rings (SSSR count). The van der Waals surface area contributed by atoms with Gasteiger partial charge in [0.25, 0.3) is 5.91 Å². The second kappa shape index (κ2) is 5.14. The highest BCUT2D eigenvalue weighted by Gasteiger charge is 2.25. The Bertz CT molecular complexity index is 659. The van der Waals surface area contributed by atoms with Crippen molar-refractivity contribution in [1.29, 1.82) is 0 Å². The van der Waals surface area contributed by atoms with Crippen LogP contribution in [0.5, 0.6) is 0 Å². The van der Waals surface area contributed by atoms with Crippen molar-refractivity contribution in [3.8, 4) is 0 Å². The summed E-state index contributed by atoms with van der Waals surface area (Å²) in [5.41, 5.74) is 6.61. The lowest BCUT2D eigenvalue weighted by Gasteiger charge is -2.30. The molecule has 2 N–H and O–H groups in total. The van der Waals surface area contributed by atoms with Gasteiger partial charge in [-0.1, -0.05) is 6.07 Å². The Balaban J connectivity index is 1.96. The fraction of sp³-hybridized carbons (Fsp3) is 0.400. The zero-order valence-electron chi connectivity index (χ0n) is 11.4. The molecule has 0 bridgehead atoms. The van der Waals surface area contributed by atoms with Crippen LogP contribution in [0, 0.1) is 12.7 Å². The highest BCUT2D eigenvalue weighted by molar-refractivity contribution is 7.21. The van der Waals surface area contributed by atoms with E-state index in [1.165, 1.54) is 17.4 Å². The highest BCUT2D eigenvalue weighted by Crippen LogP contribution is 2.33. The standard InChI is InChI=1S/C15H17FN2OS/c1-9-13-11(16)3-2-4-12(13)20-14(9)15(19)18-7-5-10(17)6-8-18/h2-4,10H,5-8,17H2,1H3. The summed E-state index contributed by atoms with van der Waals surface area (Å²) >= 11 is 1.38. The Morgan fingerprint density at radius 2 is 2.10 bits per heavy atom. The summed E-state index contributed by atoms with van der Waals surface area (Å²) in [6, 6.07) is 5.18. The molecule has 0 aliphatic carbocycles. The van der Waals surface area contributed by atoms with E-state index in [2.05, 4.69) is 0 Å². The summed E-state index contributed by atoms with van der Waals surface area (Å²) in [6.45, 7) is 3.21. The van der Waals surface area contributed by atoms with E-state index in [-0.39, 0.29) is 17.8 Å². The fourth-order valence-electron chi connectivity index (χ4n) is 2.70. The van der Waals surface area contributed by atoms with Crippen molar-refractivity contribution in [1.82, 2.24) is 4.90 Å². The van der Waals surface area contributed by atoms with Gasteiger partial charge >= 0.3 is 0 Å². The molecule has 1 aromatic heterocycles. The van der Waals surface area contributed by atoms with E-state index in [4.69, 9.17) is 5.73 Å². The second-order valence-electron chi connectivity index (χ2n) is 5.30. The minimum atomic E-state index is -0.254. The normalized spacial score (nSPS) is 16.9. The molecule has 1 aliphatic rings. The number of hydrogen-bond acceptors (Lipinski definition) is 3. The van der Waals surface area contributed by atoms with Gasteiger partial charge in [-0.2, -0.15) is 0 Å². The van der Waals surface area contributed by atoms with E-state index in [0.29, 0.717) is 23.4 Å². The van der Waals surface area contributed by atoms with Crippen LogP contribution in [0.25, 0.3) is 10.1 Å². The first-order valence-corrected chi connectivity index (χ1v) is 7.62. The molecular weight excluding hydrogens is 275 g/mol. The van der Waals surface area contributed by atoms with Crippen LogP contribution >= 0.6 is 11.3 Å². The molecule has 1 saturated heterocycles. The Hall–Kier alpha value is -1.46. The zero-order valence-corrected chi connectivity index (χ0v) is 12.2. The average molecular weight is 292 g/mol. The quantitative estimate of drug-likeness (QED) is 0.878. The summed E-state index contributed by atoms with van der Waals surface area (Å²) < 4.78 is 14.7. The molecule has 0 radical (unpaired) electrons. The Kier molecular flexibility index (Phi) is 3.48. The zero-order chi connectivity index (χ0) is 14.3. The minimum absolute atomic E-state index is 0.00926. The van der Waals surface area contributed by atoms with Gasteiger partial charge in [-0.3, -0.25) is 4.79 Å². The Morgan fingerprint density at radius 3 is 2.75 bits per heavy atom. The molecule has 2 heterocycles. The second-order valence-corrected chi connectivity index (χ2v) is 6.35. The molecule has 20 heavy (non-hydrogen) atoms. The number of fused-ring (bicyclic) bond motifs is 1. The van der Waals surface area contributed by atoms with Gasteiger partial charge in [0.1, 0.15) is 5.82 Å². The number of aryl methyl sites for hydroxylation is 1. The minimum Gasteiger partial charge on any atom is -0.338 e. The molecule has 0 atom stereocenters. The topological polar surface area (TPSA) is 46.3 Å². The van der Waals surface area contributed by atoms with Crippen molar-refractivity contribution in [3.63, 3.8) is 0 Å². The molecule has 1 aromatic carbocycles. The van der Waals surface area contributed by atoms with Crippen molar-refractivity contribution in [3.05, 3.63) is 34.5 Å². The monoisotopic (exact) mass is 292 g/mol. The van der Waals surface area contributed by atoms with Gasteiger partial charge in [0.15, 0.2) is 0 Å². The number of amides is 1. The molecule has 0 spiro atoms. The summed E-state index contributed by atoms with van der Waals surface area (Å²) in [6.07, 6.45) is 1.67. The molecule has 1 amide bonds. The number of carbonyl (C=O) groups is 1. The van der Waals surface area contributed by atoms with E-state index in [1.54, 1.807) is 6.07 Å². The number of benzene rings is 1. The number of hydrogen-bond donors (Lipinski definition) is 1. The predicted molar refractivity (Wildman–Crippen MR) is 79.6 cm³/mol. The van der Waals surface area contributed by atoms with Gasteiger partial charge in [0.05, 0.1) is 4.88 Å². The number of piperidine rings is 1. The highest BCUT2D eigenvalue weighted by atomic mass is 32.1. The van der Waals surface area contributed by atoms with Crippen LogP contribution in [0.3, 0.4) is 0 Å². The Labute approximate surface area is 121 Å². The first kappa shape index (κ1) is 13.5. The van der Waals surface area contributed by atoms with Gasteiger partial charge < -0.3 is 10.6 Å². The van der Waals surface area contributed by atoms with Crippen molar-refractivity contribution in [2.24, 2.45) is 5.73 Å². The molecule has 3 nitrogen and oxygen atoms in total. The number of thiophene rings is 1. The van der Waals surface area contributed by atoms with Crippen LogP contribution in [0.15, 0.2) is 18.2 Å². The van der Waals surface area contributed by atoms with Crippen LogP contribution in [0.2, 0.25) is 0 Å². The predicted octanol–water partition coefficient (Wildman–Crippen LogP) is 2.91. The van der Waals surface area contributed by atoms with Crippen LogP contribution in [-0.2, 0) is 0 Å². The van der Waals surface area contributed by atoms with E-state index in [1.807, 2.05) is 17.9 Å². The van der Waals surface area contributed by atoms with E-state index in [9.17, 15) is 9.18 Å². The summed E-state index contributed by atoms with van der Waals surface area (Å²) in [4.78, 5) is 15.1. The van der Waals surface area contributed by atoms with Gasteiger partial charge in [-0.15, -0.1) is 11.3 Å². The smallest absolute Gasteiger partial charge is 0.264 e. The number of rotatable bonds is 1. The molecule has 1 fully saturated rings. The molecule has 2 aromatic rings. The van der Waals surface area contributed by atoms with E-state index in [0.717, 1.165) is 23.1 Å². The van der Waals surface area contributed by atoms with Crippen LogP contribution in [-0.4, -0.2) is 29.9 Å². The lowest BCUT2D eigenvalue weighted by Crippen LogP contribution is -2.42. The third kappa shape index (κ3) is 2.21. The molecule has 0 saturated carbocycles. The van der Waals surface area contributed by atoms with Crippen LogP contribution < -0.4 is 5.73 Å². The third-order valence-electron chi connectivity index (χ3n) is 3.92. The van der Waals surface area contributed by atoms with Crippen molar-refractivity contribution in [2.75, 3.05) is 13.1 Å². The first-order valence-electron chi connectivity index (χ1n) is 6.80.